The van der Waals surface area contributed by atoms with Crippen LogP contribution in [0, 0.1) is 17.2 Å². The molecule has 0 radical (unpaired) electrons. The Bertz CT molecular complexity index is 940. The Morgan fingerprint density at radius 3 is 2.13 bits per heavy atom. The lowest BCUT2D eigenvalue weighted by atomic mass is 9.97. The van der Waals surface area contributed by atoms with Gasteiger partial charge in [-0.3, -0.25) is 9.63 Å². The zero-order chi connectivity index (χ0) is 28.9. The standard InChI is InChI=1S/C28H46N2O6Si2/c1-10-26(19-29)27(18-28(32)30(8)33-20-25-14-12-11-13-15-25)21-35-38(23(4)5,24(6)7)36-37(9,22(2)3)34-17-16-31/h10-16,22-24,27H,17-18,20-21H2,1-9H3/b26-10-. The van der Waals surface area contributed by atoms with E-state index in [1.807, 2.05) is 50.7 Å². The van der Waals surface area contributed by atoms with Crippen LogP contribution in [-0.4, -0.2) is 54.6 Å². The van der Waals surface area contributed by atoms with Crippen LogP contribution in [0.1, 0.15) is 60.5 Å². The fourth-order valence-electron chi connectivity index (χ4n) is 4.13. The number of carbonyl (C=O) groups is 2. The Kier molecular flexibility index (Phi) is 14.3. The van der Waals surface area contributed by atoms with Gasteiger partial charge in [-0.15, -0.1) is 0 Å². The number of amides is 1. The summed E-state index contributed by atoms with van der Waals surface area (Å²) in [6.45, 7) is 16.5. The molecule has 0 saturated carbocycles. The Morgan fingerprint density at radius 1 is 1.05 bits per heavy atom. The number of hydroxylamine groups is 2. The molecule has 0 spiro atoms. The van der Waals surface area contributed by atoms with Crippen molar-refractivity contribution in [3.63, 3.8) is 0 Å². The molecular weight excluding hydrogens is 516 g/mol. The van der Waals surface area contributed by atoms with Gasteiger partial charge in [0, 0.05) is 31.6 Å². The third-order valence-electron chi connectivity index (χ3n) is 6.89. The minimum Gasteiger partial charge on any atom is -0.414 e. The molecule has 1 aromatic carbocycles. The predicted octanol–water partition coefficient (Wildman–Crippen LogP) is 6.05. The van der Waals surface area contributed by atoms with E-state index in [0.29, 0.717) is 5.57 Å². The maximum Gasteiger partial charge on any atom is 0.334 e. The molecule has 0 N–H and O–H groups in total. The fourth-order valence-corrected chi connectivity index (χ4v) is 13.2. The summed E-state index contributed by atoms with van der Waals surface area (Å²) in [5, 5.41) is 11.0. The molecular formula is C28H46N2O6Si2. The van der Waals surface area contributed by atoms with E-state index in [-0.39, 0.29) is 48.8 Å². The summed E-state index contributed by atoms with van der Waals surface area (Å²) in [4.78, 5) is 29.8. The molecule has 38 heavy (non-hydrogen) atoms. The first-order valence-electron chi connectivity index (χ1n) is 13.3. The van der Waals surface area contributed by atoms with Crippen LogP contribution in [0.2, 0.25) is 23.2 Å². The molecule has 1 aromatic rings. The summed E-state index contributed by atoms with van der Waals surface area (Å²) < 4.78 is 19.6. The second-order valence-corrected chi connectivity index (χ2v) is 18.8. The van der Waals surface area contributed by atoms with Crippen molar-refractivity contribution in [3.05, 3.63) is 47.5 Å². The minimum atomic E-state index is -2.94. The first-order valence-corrected chi connectivity index (χ1v) is 17.6. The summed E-state index contributed by atoms with van der Waals surface area (Å²) in [7, 11) is -4.15. The Labute approximate surface area is 231 Å². The molecule has 0 aliphatic heterocycles. The fraction of sp³-hybridized carbons (Fsp3) is 0.607. The van der Waals surface area contributed by atoms with Gasteiger partial charge in [-0.1, -0.05) is 78.0 Å². The van der Waals surface area contributed by atoms with Crippen LogP contribution in [0.25, 0.3) is 0 Å². The topological polar surface area (TPSA) is 98.1 Å². The number of aldehydes is 1. The first-order chi connectivity index (χ1) is 17.9. The van der Waals surface area contributed by atoms with Gasteiger partial charge in [0.05, 0.1) is 12.7 Å². The molecule has 10 heteroatoms. The van der Waals surface area contributed by atoms with E-state index < -0.39 is 23.0 Å². The van der Waals surface area contributed by atoms with Crippen LogP contribution >= 0.6 is 0 Å². The van der Waals surface area contributed by atoms with Crippen molar-refractivity contribution in [3.8, 4) is 6.07 Å². The molecule has 2 atom stereocenters. The lowest BCUT2D eigenvalue weighted by Gasteiger charge is -2.45. The Morgan fingerprint density at radius 2 is 1.66 bits per heavy atom. The number of hydrogen-bond donors (Lipinski definition) is 0. The summed E-state index contributed by atoms with van der Waals surface area (Å²) in [6.07, 6.45) is 2.52. The molecule has 0 aliphatic rings. The van der Waals surface area contributed by atoms with Gasteiger partial charge in [0.15, 0.2) is 0 Å². The molecule has 0 saturated heterocycles. The van der Waals surface area contributed by atoms with Crippen molar-refractivity contribution >= 4 is 29.3 Å². The SMILES string of the molecule is C/C=C(/C#N)C(CO[Si](O[Si](C)(OCC=O)C(C)C)(C(C)C)C(C)C)CC(=O)N(C)OCc1ccccc1. The summed E-state index contributed by atoms with van der Waals surface area (Å²) in [5.41, 5.74) is 1.66. The number of allylic oxidation sites excluding steroid dienone is 1. The molecule has 8 nitrogen and oxygen atoms in total. The third-order valence-corrected chi connectivity index (χ3v) is 16.5. The van der Waals surface area contributed by atoms with Crippen molar-refractivity contribution in [1.29, 1.82) is 5.26 Å². The zero-order valence-electron chi connectivity index (χ0n) is 24.5. The van der Waals surface area contributed by atoms with Crippen LogP contribution in [0.4, 0.5) is 0 Å². The predicted molar refractivity (Wildman–Crippen MR) is 153 cm³/mol. The first kappa shape index (κ1) is 33.9. The number of carbonyl (C=O) groups excluding carboxylic acids is 2. The van der Waals surface area contributed by atoms with Gasteiger partial charge in [0.2, 0.25) is 5.91 Å². The van der Waals surface area contributed by atoms with Gasteiger partial charge >= 0.3 is 17.1 Å². The van der Waals surface area contributed by atoms with Crippen LogP contribution in [0.15, 0.2) is 42.0 Å². The van der Waals surface area contributed by atoms with Crippen molar-refractivity contribution < 1.29 is 27.4 Å². The van der Waals surface area contributed by atoms with Gasteiger partial charge < -0.3 is 17.8 Å². The largest absolute Gasteiger partial charge is 0.414 e. The average molecular weight is 563 g/mol. The normalized spacial score (nSPS) is 14.9. The molecule has 0 aromatic heterocycles. The number of nitrogens with zero attached hydrogens (tertiary/aromatic N) is 2. The van der Waals surface area contributed by atoms with Gasteiger partial charge in [-0.05, 0) is 35.7 Å². The lowest BCUT2D eigenvalue weighted by Crippen LogP contribution is -2.59. The molecule has 0 bridgehead atoms. The monoisotopic (exact) mass is 562 g/mol. The van der Waals surface area contributed by atoms with Gasteiger partial charge in [0.1, 0.15) is 12.9 Å². The summed E-state index contributed by atoms with van der Waals surface area (Å²) in [6, 6.07) is 11.8. The van der Waals surface area contributed by atoms with E-state index in [4.69, 9.17) is 17.8 Å². The average Bonchev–Trinajstić information content (AvgIpc) is 2.88. The number of benzene rings is 1. The second-order valence-electron chi connectivity index (χ2n) is 10.5. The summed E-state index contributed by atoms with van der Waals surface area (Å²) in [5.74, 6) is -0.710. The highest BCUT2D eigenvalue weighted by atomic mass is 28.5. The Balaban J connectivity index is 3.15. The van der Waals surface area contributed by atoms with Crippen LogP contribution in [0.5, 0.6) is 0 Å². The van der Waals surface area contributed by atoms with Crippen LogP contribution < -0.4 is 0 Å². The maximum atomic E-state index is 13.1. The van der Waals surface area contributed by atoms with E-state index in [9.17, 15) is 14.9 Å². The van der Waals surface area contributed by atoms with E-state index in [0.717, 1.165) is 11.8 Å². The van der Waals surface area contributed by atoms with E-state index in [2.05, 4.69) is 33.8 Å². The van der Waals surface area contributed by atoms with Crippen molar-refractivity contribution in [2.75, 3.05) is 20.3 Å². The molecule has 0 heterocycles. The smallest absolute Gasteiger partial charge is 0.334 e. The molecule has 1 amide bonds. The van der Waals surface area contributed by atoms with Crippen molar-refractivity contribution in [2.24, 2.45) is 5.92 Å². The van der Waals surface area contributed by atoms with Crippen molar-refractivity contribution in [1.82, 2.24) is 5.06 Å². The number of nitriles is 1. The maximum absolute atomic E-state index is 13.1. The summed E-state index contributed by atoms with van der Waals surface area (Å²) >= 11 is 0. The Hall–Kier alpha value is -2.14. The van der Waals surface area contributed by atoms with Gasteiger partial charge in [-0.25, -0.2) is 5.06 Å². The highest BCUT2D eigenvalue weighted by Gasteiger charge is 2.52. The third kappa shape index (κ3) is 9.56. The van der Waals surface area contributed by atoms with Crippen LogP contribution in [0.3, 0.4) is 0 Å². The molecule has 1 rings (SSSR count). The van der Waals surface area contributed by atoms with Gasteiger partial charge in [0.25, 0.3) is 0 Å². The van der Waals surface area contributed by atoms with E-state index >= 15 is 0 Å². The van der Waals surface area contributed by atoms with Crippen molar-refractivity contribution in [2.45, 2.75) is 84.7 Å². The number of hydrogen-bond acceptors (Lipinski definition) is 7. The molecule has 2 unspecified atom stereocenters. The highest BCUT2D eigenvalue weighted by Crippen LogP contribution is 2.40. The minimum absolute atomic E-state index is 0.0227. The quantitative estimate of drug-likeness (QED) is 0.0987. The van der Waals surface area contributed by atoms with Crippen LogP contribution in [-0.2, 0) is 34.0 Å². The number of rotatable bonds is 17. The van der Waals surface area contributed by atoms with E-state index in [1.54, 1.807) is 20.0 Å². The lowest BCUT2D eigenvalue weighted by molar-refractivity contribution is -0.183. The van der Waals surface area contributed by atoms with Gasteiger partial charge in [-0.2, -0.15) is 5.26 Å². The zero-order valence-corrected chi connectivity index (χ0v) is 26.5. The highest BCUT2D eigenvalue weighted by molar-refractivity contribution is 6.82. The second kappa shape index (κ2) is 16.1. The molecule has 0 aliphatic carbocycles. The van der Waals surface area contributed by atoms with E-state index in [1.165, 1.54) is 5.06 Å². The molecule has 0 fully saturated rings. The molecule has 212 valence electrons.